The molecule has 8 heteroatoms. The van der Waals surface area contributed by atoms with Gasteiger partial charge in [-0.15, -0.1) is 0 Å². The van der Waals surface area contributed by atoms with Crippen LogP contribution in [-0.2, 0) is 4.79 Å². The number of halogens is 1. The predicted octanol–water partition coefficient (Wildman–Crippen LogP) is 3.49. The quantitative estimate of drug-likeness (QED) is 0.689. The number of pyridine rings is 2. The van der Waals surface area contributed by atoms with Crippen LogP contribution in [0.15, 0.2) is 61.1 Å². The molecule has 0 bridgehead atoms. The van der Waals surface area contributed by atoms with Crippen molar-refractivity contribution in [1.82, 2.24) is 9.97 Å². The van der Waals surface area contributed by atoms with Crippen molar-refractivity contribution in [3.8, 4) is 0 Å². The molecule has 7 nitrogen and oxygen atoms in total. The maximum absolute atomic E-state index is 12.6. The van der Waals surface area contributed by atoms with Crippen LogP contribution in [0.2, 0.25) is 5.02 Å². The fourth-order valence-electron chi connectivity index (χ4n) is 3.38. The number of benzene rings is 1. The van der Waals surface area contributed by atoms with Gasteiger partial charge in [0.15, 0.2) is 5.69 Å². The molecule has 29 heavy (non-hydrogen) atoms. The van der Waals surface area contributed by atoms with E-state index in [9.17, 15) is 9.59 Å². The number of carbonyl (C=O) groups excluding carboxylic acids is 2. The van der Waals surface area contributed by atoms with E-state index in [0.29, 0.717) is 29.4 Å². The zero-order valence-electron chi connectivity index (χ0n) is 15.4. The summed E-state index contributed by atoms with van der Waals surface area (Å²) in [6.07, 6.45) is 5.39. The number of rotatable bonds is 4. The van der Waals surface area contributed by atoms with Crippen LogP contribution in [0.4, 0.5) is 17.1 Å². The number of anilines is 3. The topological polar surface area (TPSA) is 101 Å². The summed E-state index contributed by atoms with van der Waals surface area (Å²) in [6.45, 7) is 0.528. The Kier molecular flexibility index (Phi) is 5.14. The standard InChI is InChI=1S/C21H18ClN5O2/c22-16-10-15(26-21(29)20-17(23)4-2-8-25-20)5-6-18(16)27-12-14(9-19(27)28)13-3-1-7-24-11-13/h1-8,10-11,14H,9,12,23H2,(H,26,29). The minimum Gasteiger partial charge on any atom is -0.397 e. The highest BCUT2D eigenvalue weighted by molar-refractivity contribution is 6.34. The van der Waals surface area contributed by atoms with E-state index in [2.05, 4.69) is 15.3 Å². The molecule has 1 atom stereocenters. The average Bonchev–Trinajstić information content (AvgIpc) is 3.10. The molecule has 0 spiro atoms. The number of carbonyl (C=O) groups is 2. The van der Waals surface area contributed by atoms with Crippen LogP contribution in [-0.4, -0.2) is 28.3 Å². The van der Waals surface area contributed by atoms with Crippen LogP contribution in [0.25, 0.3) is 0 Å². The second-order valence-electron chi connectivity index (χ2n) is 6.75. The number of hydrogen-bond donors (Lipinski definition) is 2. The van der Waals surface area contributed by atoms with Gasteiger partial charge in [0, 0.05) is 43.2 Å². The predicted molar refractivity (Wildman–Crippen MR) is 112 cm³/mol. The number of nitrogen functional groups attached to an aromatic ring is 1. The van der Waals surface area contributed by atoms with Crippen LogP contribution >= 0.6 is 11.6 Å². The third-order valence-corrected chi connectivity index (χ3v) is 5.13. The highest BCUT2D eigenvalue weighted by Crippen LogP contribution is 2.36. The molecule has 1 fully saturated rings. The molecule has 3 N–H and O–H groups in total. The van der Waals surface area contributed by atoms with Crippen molar-refractivity contribution < 1.29 is 9.59 Å². The Bertz CT molecular complexity index is 1070. The van der Waals surface area contributed by atoms with Crippen molar-refractivity contribution in [2.24, 2.45) is 0 Å². The van der Waals surface area contributed by atoms with Crippen molar-refractivity contribution in [3.63, 3.8) is 0 Å². The van der Waals surface area contributed by atoms with Gasteiger partial charge < -0.3 is 16.0 Å². The Morgan fingerprint density at radius 1 is 1.21 bits per heavy atom. The van der Waals surface area contributed by atoms with E-state index in [4.69, 9.17) is 17.3 Å². The van der Waals surface area contributed by atoms with Gasteiger partial charge in [-0.2, -0.15) is 0 Å². The molecule has 1 saturated heterocycles. The van der Waals surface area contributed by atoms with Crippen molar-refractivity contribution in [2.75, 3.05) is 22.5 Å². The first-order chi connectivity index (χ1) is 14.0. The van der Waals surface area contributed by atoms with Gasteiger partial charge in [-0.1, -0.05) is 17.7 Å². The van der Waals surface area contributed by atoms with Crippen LogP contribution in [0.5, 0.6) is 0 Å². The summed E-state index contributed by atoms with van der Waals surface area (Å²) in [5.41, 5.74) is 8.34. The molecule has 4 rings (SSSR count). The maximum atomic E-state index is 12.6. The molecule has 1 unspecified atom stereocenters. The van der Waals surface area contributed by atoms with Gasteiger partial charge in [-0.3, -0.25) is 14.6 Å². The zero-order valence-corrected chi connectivity index (χ0v) is 16.1. The molecular formula is C21H18ClN5O2. The molecule has 1 aliphatic heterocycles. The molecule has 1 aliphatic rings. The lowest BCUT2D eigenvalue weighted by Crippen LogP contribution is -2.24. The molecule has 0 saturated carbocycles. The van der Waals surface area contributed by atoms with E-state index in [1.165, 1.54) is 6.20 Å². The van der Waals surface area contributed by atoms with Gasteiger partial charge in [0.1, 0.15) is 0 Å². The lowest BCUT2D eigenvalue weighted by atomic mass is 10.0. The summed E-state index contributed by atoms with van der Waals surface area (Å²) in [7, 11) is 0. The van der Waals surface area contributed by atoms with Gasteiger partial charge in [0.2, 0.25) is 5.91 Å². The van der Waals surface area contributed by atoms with E-state index in [1.54, 1.807) is 47.6 Å². The summed E-state index contributed by atoms with van der Waals surface area (Å²) in [5.74, 6) is -0.363. The first-order valence-corrected chi connectivity index (χ1v) is 9.42. The Morgan fingerprint density at radius 3 is 2.76 bits per heavy atom. The van der Waals surface area contributed by atoms with Crippen LogP contribution < -0.4 is 16.0 Å². The van der Waals surface area contributed by atoms with Gasteiger partial charge in [0.25, 0.3) is 5.91 Å². The molecule has 3 aromatic rings. The van der Waals surface area contributed by atoms with E-state index in [-0.39, 0.29) is 23.2 Å². The maximum Gasteiger partial charge on any atom is 0.276 e. The largest absolute Gasteiger partial charge is 0.397 e. The number of amides is 2. The zero-order chi connectivity index (χ0) is 20.4. The fourth-order valence-corrected chi connectivity index (χ4v) is 3.67. The molecule has 2 aromatic heterocycles. The second kappa shape index (κ2) is 7.89. The van der Waals surface area contributed by atoms with Crippen LogP contribution in [0.3, 0.4) is 0 Å². The van der Waals surface area contributed by atoms with Crippen LogP contribution in [0, 0.1) is 0 Å². The first-order valence-electron chi connectivity index (χ1n) is 9.04. The molecule has 3 heterocycles. The summed E-state index contributed by atoms with van der Waals surface area (Å²) in [5, 5.41) is 3.10. The number of aromatic nitrogens is 2. The lowest BCUT2D eigenvalue weighted by Gasteiger charge is -2.19. The average molecular weight is 408 g/mol. The monoisotopic (exact) mass is 407 g/mol. The third-order valence-electron chi connectivity index (χ3n) is 4.83. The van der Waals surface area contributed by atoms with Gasteiger partial charge in [0.05, 0.1) is 16.4 Å². The fraction of sp³-hybridized carbons (Fsp3) is 0.143. The van der Waals surface area contributed by atoms with E-state index < -0.39 is 5.91 Å². The minimum atomic E-state index is -0.430. The SMILES string of the molecule is Nc1cccnc1C(=O)Nc1ccc(N2CC(c3cccnc3)CC2=O)c(Cl)c1. The Morgan fingerprint density at radius 2 is 2.03 bits per heavy atom. The van der Waals surface area contributed by atoms with Crippen LogP contribution in [0.1, 0.15) is 28.4 Å². The molecule has 0 aliphatic carbocycles. The number of nitrogens with zero attached hydrogens (tertiary/aromatic N) is 3. The molecular weight excluding hydrogens is 390 g/mol. The number of nitrogens with one attached hydrogen (secondary N) is 1. The molecule has 146 valence electrons. The highest BCUT2D eigenvalue weighted by atomic mass is 35.5. The highest BCUT2D eigenvalue weighted by Gasteiger charge is 2.32. The molecule has 0 radical (unpaired) electrons. The Balaban J connectivity index is 1.51. The molecule has 2 amide bonds. The van der Waals surface area contributed by atoms with Gasteiger partial charge in [-0.05, 0) is 42.0 Å². The minimum absolute atomic E-state index is 0.00111. The van der Waals surface area contributed by atoms with E-state index in [1.807, 2.05) is 12.1 Å². The third kappa shape index (κ3) is 3.90. The van der Waals surface area contributed by atoms with Crippen molar-refractivity contribution in [1.29, 1.82) is 0 Å². The van der Waals surface area contributed by atoms with Crippen molar-refractivity contribution >= 4 is 40.5 Å². The molecule has 1 aromatic carbocycles. The summed E-state index contributed by atoms with van der Waals surface area (Å²) >= 11 is 6.43. The van der Waals surface area contributed by atoms with Crippen molar-refractivity contribution in [2.45, 2.75) is 12.3 Å². The Hall–Kier alpha value is -3.45. The summed E-state index contributed by atoms with van der Waals surface area (Å²) in [4.78, 5) is 34.7. The second-order valence-corrected chi connectivity index (χ2v) is 7.16. The van der Waals surface area contributed by atoms with Gasteiger partial charge >= 0.3 is 0 Å². The normalized spacial score (nSPS) is 16.1. The smallest absolute Gasteiger partial charge is 0.276 e. The first kappa shape index (κ1) is 18.9. The number of hydrogen-bond acceptors (Lipinski definition) is 5. The van der Waals surface area contributed by atoms with E-state index in [0.717, 1.165) is 5.56 Å². The summed E-state index contributed by atoms with van der Waals surface area (Å²) < 4.78 is 0. The van der Waals surface area contributed by atoms with Gasteiger partial charge in [-0.25, -0.2) is 4.98 Å². The summed E-state index contributed by atoms with van der Waals surface area (Å²) in [6, 6.07) is 12.1. The number of nitrogens with two attached hydrogens (primary N) is 1. The van der Waals surface area contributed by atoms with E-state index >= 15 is 0 Å². The Labute approximate surface area is 172 Å². The lowest BCUT2D eigenvalue weighted by molar-refractivity contribution is -0.117. The van der Waals surface area contributed by atoms with Crippen molar-refractivity contribution in [3.05, 3.63) is 77.3 Å².